The topological polar surface area (TPSA) is 42.3 Å². The average Bonchev–Trinajstić information content (AvgIpc) is 3.16. The van der Waals surface area contributed by atoms with Gasteiger partial charge in [0.15, 0.2) is 0 Å². The summed E-state index contributed by atoms with van der Waals surface area (Å²) in [5, 5.41) is 8.27. The summed E-state index contributed by atoms with van der Waals surface area (Å²) in [7, 11) is 1.71. The molecule has 130 valence electrons. The van der Waals surface area contributed by atoms with Gasteiger partial charge >= 0.3 is 0 Å². The molecular formula is C18H25ClN4O. The number of methoxy groups -OCH3 is 1. The lowest BCUT2D eigenvalue weighted by atomic mass is 10.1. The Balaban J connectivity index is 0.00000169. The average molecular weight is 349 g/mol. The molecule has 0 aliphatic carbocycles. The number of aromatic nitrogens is 2. The first-order valence-corrected chi connectivity index (χ1v) is 8.48. The second kappa shape index (κ2) is 7.55. The van der Waals surface area contributed by atoms with Crippen molar-refractivity contribution in [1.82, 2.24) is 20.0 Å². The van der Waals surface area contributed by atoms with E-state index in [1.165, 1.54) is 25.0 Å². The number of likely N-dealkylation sites (tertiary alicyclic amines) is 1. The minimum Gasteiger partial charge on any atom is -0.494 e. The number of para-hydroxylation sites is 2. The van der Waals surface area contributed by atoms with Gasteiger partial charge in [0.1, 0.15) is 11.4 Å². The van der Waals surface area contributed by atoms with Crippen LogP contribution in [0.25, 0.3) is 5.69 Å². The first-order valence-electron chi connectivity index (χ1n) is 8.48. The summed E-state index contributed by atoms with van der Waals surface area (Å²) in [4.78, 5) is 2.56. The molecule has 24 heavy (non-hydrogen) atoms. The smallest absolute Gasteiger partial charge is 0.144 e. The van der Waals surface area contributed by atoms with Crippen LogP contribution in [0.3, 0.4) is 0 Å². The molecule has 0 saturated carbocycles. The summed E-state index contributed by atoms with van der Waals surface area (Å²) >= 11 is 0. The normalized spacial score (nSPS) is 23.5. The number of fused-ring (bicyclic) bond motifs is 2. The van der Waals surface area contributed by atoms with Gasteiger partial charge in [-0.3, -0.25) is 4.90 Å². The molecule has 6 heteroatoms. The molecule has 2 fully saturated rings. The van der Waals surface area contributed by atoms with Crippen molar-refractivity contribution in [1.29, 1.82) is 0 Å². The Labute approximate surface area is 149 Å². The fourth-order valence-corrected chi connectivity index (χ4v) is 3.86. The van der Waals surface area contributed by atoms with Crippen molar-refractivity contribution in [3.8, 4) is 11.4 Å². The highest BCUT2D eigenvalue weighted by Crippen LogP contribution is 2.25. The molecular weight excluding hydrogens is 324 g/mol. The van der Waals surface area contributed by atoms with E-state index >= 15 is 0 Å². The van der Waals surface area contributed by atoms with Crippen molar-refractivity contribution in [2.45, 2.75) is 37.9 Å². The third kappa shape index (κ3) is 3.43. The fraction of sp³-hybridized carbons (Fsp3) is 0.500. The van der Waals surface area contributed by atoms with Crippen LogP contribution >= 0.6 is 12.4 Å². The predicted molar refractivity (Wildman–Crippen MR) is 97.2 cm³/mol. The zero-order valence-corrected chi connectivity index (χ0v) is 14.8. The zero-order valence-electron chi connectivity index (χ0n) is 14.0. The Bertz CT molecular complexity index is 675. The number of rotatable bonds is 4. The lowest BCUT2D eigenvalue weighted by Gasteiger charge is -2.24. The van der Waals surface area contributed by atoms with E-state index in [0.717, 1.165) is 37.1 Å². The van der Waals surface area contributed by atoms with Gasteiger partial charge in [-0.2, -0.15) is 5.10 Å². The monoisotopic (exact) mass is 348 g/mol. The highest BCUT2D eigenvalue weighted by molar-refractivity contribution is 5.85. The van der Waals surface area contributed by atoms with Crippen molar-refractivity contribution >= 4 is 12.4 Å². The van der Waals surface area contributed by atoms with Gasteiger partial charge in [0.05, 0.1) is 12.8 Å². The molecule has 0 spiro atoms. The molecule has 1 aromatic heterocycles. The Morgan fingerprint density at radius 2 is 2.00 bits per heavy atom. The lowest BCUT2D eigenvalue weighted by Crippen LogP contribution is -2.35. The molecule has 0 amide bonds. The Kier molecular flexibility index (Phi) is 5.43. The van der Waals surface area contributed by atoms with E-state index in [0.29, 0.717) is 6.04 Å². The van der Waals surface area contributed by atoms with Gasteiger partial charge in [0.2, 0.25) is 0 Å². The van der Waals surface area contributed by atoms with E-state index in [4.69, 9.17) is 4.74 Å². The number of ether oxygens (including phenoxy) is 1. The SMILES string of the molecule is COc1ccccc1-n1nccc1CN1CCC2CCC(C1)N2.Cl. The van der Waals surface area contributed by atoms with Crippen molar-refractivity contribution in [2.24, 2.45) is 0 Å². The molecule has 2 aliphatic heterocycles. The molecule has 2 atom stereocenters. The van der Waals surface area contributed by atoms with E-state index in [-0.39, 0.29) is 12.4 Å². The van der Waals surface area contributed by atoms with E-state index in [9.17, 15) is 0 Å². The second-order valence-corrected chi connectivity index (χ2v) is 6.57. The van der Waals surface area contributed by atoms with Crippen LogP contribution < -0.4 is 10.1 Å². The van der Waals surface area contributed by atoms with Crippen molar-refractivity contribution in [3.63, 3.8) is 0 Å². The molecule has 1 aromatic carbocycles. The maximum absolute atomic E-state index is 5.49. The first-order chi connectivity index (χ1) is 11.3. The summed E-state index contributed by atoms with van der Waals surface area (Å²) in [5.74, 6) is 0.856. The van der Waals surface area contributed by atoms with Gasteiger partial charge in [-0.05, 0) is 37.5 Å². The molecule has 0 radical (unpaired) electrons. The number of hydrogen-bond donors (Lipinski definition) is 1. The van der Waals surface area contributed by atoms with Crippen LogP contribution in [0.5, 0.6) is 5.75 Å². The first kappa shape index (κ1) is 17.3. The van der Waals surface area contributed by atoms with Gasteiger partial charge in [-0.1, -0.05) is 12.1 Å². The number of nitrogens with zero attached hydrogens (tertiary/aromatic N) is 3. The molecule has 2 aliphatic rings. The van der Waals surface area contributed by atoms with E-state index in [2.05, 4.69) is 27.4 Å². The highest BCUT2D eigenvalue weighted by Gasteiger charge is 2.29. The van der Waals surface area contributed by atoms with Gasteiger partial charge in [-0.25, -0.2) is 4.68 Å². The Morgan fingerprint density at radius 1 is 1.17 bits per heavy atom. The van der Waals surface area contributed by atoms with Crippen LogP contribution in [0.15, 0.2) is 36.5 Å². The predicted octanol–water partition coefficient (Wildman–Crippen LogP) is 2.63. The van der Waals surface area contributed by atoms with Crippen LogP contribution in [0.4, 0.5) is 0 Å². The number of hydrogen-bond acceptors (Lipinski definition) is 4. The van der Waals surface area contributed by atoms with E-state index in [1.54, 1.807) is 7.11 Å². The highest BCUT2D eigenvalue weighted by atomic mass is 35.5. The summed E-state index contributed by atoms with van der Waals surface area (Å²) in [6.07, 6.45) is 5.79. The van der Waals surface area contributed by atoms with Crippen LogP contribution in [0, 0.1) is 0 Å². The maximum Gasteiger partial charge on any atom is 0.144 e. The summed E-state index contributed by atoms with van der Waals surface area (Å²) < 4.78 is 7.50. The van der Waals surface area contributed by atoms with Crippen LogP contribution in [0.2, 0.25) is 0 Å². The second-order valence-electron chi connectivity index (χ2n) is 6.57. The minimum absolute atomic E-state index is 0. The van der Waals surface area contributed by atoms with Gasteiger partial charge in [0, 0.05) is 37.9 Å². The summed E-state index contributed by atoms with van der Waals surface area (Å²) in [6.45, 7) is 3.22. The van der Waals surface area contributed by atoms with E-state index in [1.807, 2.05) is 29.1 Å². The number of benzene rings is 1. The van der Waals surface area contributed by atoms with Gasteiger partial charge < -0.3 is 10.1 Å². The lowest BCUT2D eigenvalue weighted by molar-refractivity contribution is 0.246. The van der Waals surface area contributed by atoms with Crippen molar-refractivity contribution in [3.05, 3.63) is 42.2 Å². The molecule has 1 N–H and O–H groups in total. The zero-order chi connectivity index (χ0) is 15.6. The molecule has 2 unspecified atom stereocenters. The standard InChI is InChI=1S/C18H24N4O.ClH/c1-23-18-5-3-2-4-17(18)22-16(8-10-19-22)13-21-11-9-14-6-7-15(12-21)20-14;/h2-5,8,10,14-15,20H,6-7,9,11-13H2,1H3;1H. The van der Waals surface area contributed by atoms with Gasteiger partial charge in [-0.15, -0.1) is 12.4 Å². The van der Waals surface area contributed by atoms with E-state index < -0.39 is 0 Å². The van der Waals surface area contributed by atoms with Crippen LogP contribution in [-0.4, -0.2) is 47.0 Å². The molecule has 5 nitrogen and oxygen atoms in total. The Morgan fingerprint density at radius 3 is 2.88 bits per heavy atom. The number of halogens is 1. The molecule has 2 saturated heterocycles. The van der Waals surface area contributed by atoms with Gasteiger partial charge in [0.25, 0.3) is 0 Å². The molecule has 3 heterocycles. The van der Waals surface area contributed by atoms with Crippen molar-refractivity contribution in [2.75, 3.05) is 20.2 Å². The molecule has 2 aromatic rings. The molecule has 4 rings (SSSR count). The largest absolute Gasteiger partial charge is 0.494 e. The molecule has 2 bridgehead atoms. The van der Waals surface area contributed by atoms with Crippen LogP contribution in [-0.2, 0) is 6.54 Å². The maximum atomic E-state index is 5.49. The number of nitrogens with one attached hydrogen (secondary N) is 1. The third-order valence-corrected chi connectivity index (χ3v) is 5.03. The summed E-state index contributed by atoms with van der Waals surface area (Å²) in [5.41, 5.74) is 2.22. The Hall–Kier alpha value is -1.56. The summed E-state index contributed by atoms with van der Waals surface area (Å²) in [6, 6.07) is 11.6. The fourth-order valence-electron chi connectivity index (χ4n) is 3.86. The van der Waals surface area contributed by atoms with Crippen molar-refractivity contribution < 1.29 is 4.74 Å². The quantitative estimate of drug-likeness (QED) is 0.922. The third-order valence-electron chi connectivity index (χ3n) is 5.03. The minimum atomic E-state index is 0. The van der Waals surface area contributed by atoms with Crippen LogP contribution in [0.1, 0.15) is 25.0 Å².